The minimum atomic E-state index is -0.567. The highest BCUT2D eigenvalue weighted by molar-refractivity contribution is 6.51. The first-order valence-electron chi connectivity index (χ1n) is 4.32. The lowest BCUT2D eigenvalue weighted by Crippen LogP contribution is -2.33. The molecule has 3 aliphatic rings. The largest absolute Gasteiger partial charge is 0.347 e. The van der Waals surface area contributed by atoms with Gasteiger partial charge in [0.1, 0.15) is 4.33 Å². The molecule has 4 heteroatoms. The van der Waals surface area contributed by atoms with Crippen LogP contribution in [-0.4, -0.2) is 23.3 Å². The average Bonchev–Trinajstić information content (AvgIpc) is 2.48. The van der Waals surface area contributed by atoms with Gasteiger partial charge < -0.3 is 9.47 Å². The first-order chi connectivity index (χ1) is 5.67. The minimum Gasteiger partial charge on any atom is -0.347 e. The van der Waals surface area contributed by atoms with Crippen LogP contribution in [0.5, 0.6) is 0 Å². The number of hydrogen-bond acceptors (Lipinski definition) is 2. The molecule has 0 aromatic heterocycles. The van der Waals surface area contributed by atoms with Crippen molar-refractivity contribution in [1.29, 1.82) is 0 Å². The van der Waals surface area contributed by atoms with Crippen LogP contribution in [0.2, 0.25) is 0 Å². The van der Waals surface area contributed by atoms with Crippen molar-refractivity contribution >= 4 is 23.2 Å². The van der Waals surface area contributed by atoms with Gasteiger partial charge >= 0.3 is 0 Å². The first-order valence-corrected chi connectivity index (χ1v) is 5.08. The topological polar surface area (TPSA) is 18.5 Å². The van der Waals surface area contributed by atoms with Gasteiger partial charge in [0.05, 0.1) is 19.1 Å². The van der Waals surface area contributed by atoms with E-state index in [2.05, 4.69) is 0 Å². The highest BCUT2D eigenvalue weighted by Crippen LogP contribution is 2.72. The third kappa shape index (κ3) is 0.752. The van der Waals surface area contributed by atoms with Gasteiger partial charge in [-0.15, -0.1) is 23.2 Å². The van der Waals surface area contributed by atoms with Gasteiger partial charge in [0.15, 0.2) is 5.79 Å². The molecule has 1 aliphatic heterocycles. The number of fused-ring (bicyclic) bond motifs is 2. The summed E-state index contributed by atoms with van der Waals surface area (Å²) in [5.74, 6) is 0.212. The van der Waals surface area contributed by atoms with Crippen LogP contribution in [0.25, 0.3) is 0 Å². The molecule has 68 valence electrons. The fourth-order valence-electron chi connectivity index (χ4n) is 2.66. The normalized spacial score (nSPS) is 46.5. The second-order valence-electron chi connectivity index (χ2n) is 3.81. The summed E-state index contributed by atoms with van der Waals surface area (Å²) >= 11 is 12.2. The zero-order chi connectivity index (χ0) is 8.40. The van der Waals surface area contributed by atoms with Crippen LogP contribution in [0.3, 0.4) is 0 Å². The van der Waals surface area contributed by atoms with Crippen molar-refractivity contribution in [3.05, 3.63) is 0 Å². The summed E-state index contributed by atoms with van der Waals surface area (Å²) in [6, 6.07) is 0. The molecule has 0 bridgehead atoms. The lowest BCUT2D eigenvalue weighted by Gasteiger charge is -2.25. The number of ether oxygens (including phenoxy) is 2. The zero-order valence-electron chi connectivity index (χ0n) is 6.56. The van der Waals surface area contributed by atoms with Crippen LogP contribution in [0, 0.1) is 11.8 Å². The standard InChI is InChI=1S/C8H10Cl2O2/c9-8(10)5-1-2-7(6(5)8)11-3-4-12-7/h5-6H,1-4H2/t5-,6-/m1/s1. The van der Waals surface area contributed by atoms with Gasteiger partial charge in [0, 0.05) is 12.3 Å². The summed E-state index contributed by atoms with van der Waals surface area (Å²) < 4.78 is 10.6. The van der Waals surface area contributed by atoms with E-state index in [9.17, 15) is 0 Å². The Balaban J connectivity index is 1.90. The third-order valence-electron chi connectivity index (χ3n) is 3.26. The van der Waals surface area contributed by atoms with E-state index >= 15 is 0 Å². The fraction of sp³-hybridized carbons (Fsp3) is 1.00. The Bertz CT molecular complexity index is 218. The zero-order valence-corrected chi connectivity index (χ0v) is 8.07. The molecule has 0 aromatic rings. The molecule has 2 saturated carbocycles. The van der Waals surface area contributed by atoms with Gasteiger partial charge in [-0.05, 0) is 6.42 Å². The Morgan fingerprint density at radius 2 is 1.83 bits per heavy atom. The predicted molar refractivity (Wildman–Crippen MR) is 45.3 cm³/mol. The van der Waals surface area contributed by atoms with E-state index in [-0.39, 0.29) is 5.92 Å². The Morgan fingerprint density at radius 1 is 1.17 bits per heavy atom. The maximum atomic E-state index is 6.08. The molecule has 2 aliphatic carbocycles. The van der Waals surface area contributed by atoms with E-state index in [4.69, 9.17) is 32.7 Å². The molecule has 12 heavy (non-hydrogen) atoms. The van der Waals surface area contributed by atoms with E-state index in [1.165, 1.54) is 0 Å². The molecular weight excluding hydrogens is 199 g/mol. The average molecular weight is 209 g/mol. The van der Waals surface area contributed by atoms with Crippen molar-refractivity contribution < 1.29 is 9.47 Å². The van der Waals surface area contributed by atoms with Crippen LogP contribution in [0.4, 0.5) is 0 Å². The molecule has 3 rings (SSSR count). The summed E-state index contributed by atoms with van der Waals surface area (Å²) in [6.45, 7) is 1.38. The molecular formula is C8H10Cl2O2. The molecule has 1 heterocycles. The third-order valence-corrected chi connectivity index (χ3v) is 4.29. The van der Waals surface area contributed by atoms with Crippen LogP contribution in [0.1, 0.15) is 12.8 Å². The molecule has 3 fully saturated rings. The smallest absolute Gasteiger partial charge is 0.174 e. The molecule has 0 N–H and O–H groups in total. The van der Waals surface area contributed by atoms with Crippen LogP contribution in [-0.2, 0) is 9.47 Å². The maximum absolute atomic E-state index is 6.08. The van der Waals surface area contributed by atoms with Crippen molar-refractivity contribution in [3.8, 4) is 0 Å². The monoisotopic (exact) mass is 208 g/mol. The molecule has 1 saturated heterocycles. The fourth-order valence-corrected chi connectivity index (χ4v) is 3.64. The highest BCUT2D eigenvalue weighted by Gasteiger charge is 2.76. The molecule has 1 spiro atoms. The SMILES string of the molecule is ClC1(Cl)[C@@H]2CCC3(OCCO3)[C@@H]21. The van der Waals surface area contributed by atoms with Crippen molar-refractivity contribution in [2.45, 2.75) is 23.0 Å². The lowest BCUT2D eigenvalue weighted by atomic mass is 10.1. The summed E-state index contributed by atoms with van der Waals surface area (Å²) in [5.41, 5.74) is 0. The van der Waals surface area contributed by atoms with Crippen LogP contribution in [0.15, 0.2) is 0 Å². The molecule has 0 unspecified atom stereocenters. The quantitative estimate of drug-likeness (QED) is 0.567. The number of hydrogen-bond donors (Lipinski definition) is 0. The van der Waals surface area contributed by atoms with E-state index in [1.54, 1.807) is 0 Å². The number of rotatable bonds is 0. The van der Waals surface area contributed by atoms with Gasteiger partial charge in [-0.1, -0.05) is 0 Å². The summed E-state index contributed by atoms with van der Waals surface area (Å²) in [6.07, 6.45) is 2.00. The summed E-state index contributed by atoms with van der Waals surface area (Å²) in [7, 11) is 0. The number of alkyl halides is 2. The second kappa shape index (κ2) is 2.11. The summed E-state index contributed by atoms with van der Waals surface area (Å²) in [5, 5.41) is 0. The van der Waals surface area contributed by atoms with Gasteiger partial charge in [-0.25, -0.2) is 0 Å². The molecule has 0 radical (unpaired) electrons. The van der Waals surface area contributed by atoms with Gasteiger partial charge in [-0.3, -0.25) is 0 Å². The Morgan fingerprint density at radius 3 is 2.33 bits per heavy atom. The Labute approximate surface area is 81.1 Å². The van der Waals surface area contributed by atoms with E-state index in [0.717, 1.165) is 12.8 Å². The summed E-state index contributed by atoms with van der Waals surface area (Å²) in [4.78, 5) is 0. The van der Waals surface area contributed by atoms with Crippen molar-refractivity contribution in [3.63, 3.8) is 0 Å². The van der Waals surface area contributed by atoms with Crippen LogP contribution >= 0.6 is 23.2 Å². The minimum absolute atomic E-state index is 0.218. The van der Waals surface area contributed by atoms with Crippen molar-refractivity contribution in [2.24, 2.45) is 11.8 Å². The van der Waals surface area contributed by atoms with Crippen molar-refractivity contribution in [1.82, 2.24) is 0 Å². The van der Waals surface area contributed by atoms with E-state index in [1.807, 2.05) is 0 Å². The van der Waals surface area contributed by atoms with Gasteiger partial charge in [0.2, 0.25) is 0 Å². The van der Waals surface area contributed by atoms with E-state index in [0.29, 0.717) is 19.1 Å². The Kier molecular flexibility index (Phi) is 1.38. The van der Waals surface area contributed by atoms with Crippen LogP contribution < -0.4 is 0 Å². The van der Waals surface area contributed by atoms with Gasteiger partial charge in [-0.2, -0.15) is 0 Å². The first kappa shape index (κ1) is 7.86. The molecule has 0 aromatic carbocycles. The molecule has 2 atom stereocenters. The highest BCUT2D eigenvalue weighted by atomic mass is 35.5. The van der Waals surface area contributed by atoms with Crippen molar-refractivity contribution in [2.75, 3.05) is 13.2 Å². The lowest BCUT2D eigenvalue weighted by molar-refractivity contribution is -0.167. The maximum Gasteiger partial charge on any atom is 0.174 e. The second-order valence-corrected chi connectivity index (χ2v) is 5.25. The predicted octanol–water partition coefficient (Wildman–Crippen LogP) is 1.94. The van der Waals surface area contributed by atoms with Gasteiger partial charge in [0.25, 0.3) is 0 Å². The molecule has 0 amide bonds. The van der Waals surface area contributed by atoms with E-state index < -0.39 is 10.1 Å². The molecule has 2 nitrogen and oxygen atoms in total. The number of halogens is 2. The Hall–Kier alpha value is 0.500.